The van der Waals surface area contributed by atoms with Crippen molar-refractivity contribution in [2.75, 3.05) is 49.3 Å². The molecule has 1 fully saturated rings. The summed E-state index contributed by atoms with van der Waals surface area (Å²) in [6.07, 6.45) is 1.14. The van der Waals surface area contributed by atoms with Crippen LogP contribution in [0.3, 0.4) is 0 Å². The molecule has 1 aliphatic rings. The number of nitrogen functional groups attached to an aromatic ring is 1. The molecular formula is C14H21N3O2S. The van der Waals surface area contributed by atoms with E-state index in [9.17, 15) is 4.79 Å². The lowest BCUT2D eigenvalue weighted by Gasteiger charge is -2.19. The number of nitrogens with two attached hydrogens (primary N) is 1. The quantitative estimate of drug-likeness (QED) is 0.827. The molecule has 110 valence electrons. The Kier molecular flexibility index (Phi) is 5.55. The number of anilines is 2. The fourth-order valence-electron chi connectivity index (χ4n) is 2.17. The topological polar surface area (TPSA) is 67.6 Å². The van der Waals surface area contributed by atoms with Crippen molar-refractivity contribution >= 4 is 29.0 Å². The van der Waals surface area contributed by atoms with Crippen molar-refractivity contribution < 1.29 is 9.53 Å². The summed E-state index contributed by atoms with van der Waals surface area (Å²) in [5.74, 6) is 2.87. The van der Waals surface area contributed by atoms with E-state index in [2.05, 4.69) is 10.2 Å². The molecule has 1 amide bonds. The molecule has 1 heterocycles. The number of hydrogen-bond donors (Lipinski definition) is 2. The summed E-state index contributed by atoms with van der Waals surface area (Å²) < 4.78 is 5.22. The minimum absolute atomic E-state index is 0.0270. The molecule has 6 heteroatoms. The Bertz CT molecular complexity index is 460. The van der Waals surface area contributed by atoms with E-state index in [0.717, 1.165) is 25.3 Å². The number of methoxy groups -OCH3 is 1. The lowest BCUT2D eigenvalue weighted by atomic mass is 10.2. The maximum Gasteiger partial charge on any atom is 0.238 e. The number of carbonyl (C=O) groups excluding carboxylic acids is 1. The summed E-state index contributed by atoms with van der Waals surface area (Å²) in [4.78, 5) is 14.3. The molecule has 0 bridgehead atoms. The number of rotatable bonds is 4. The zero-order valence-electron chi connectivity index (χ0n) is 11.7. The van der Waals surface area contributed by atoms with Gasteiger partial charge in [0.15, 0.2) is 0 Å². The molecule has 3 N–H and O–H groups in total. The van der Waals surface area contributed by atoms with Crippen LogP contribution >= 0.6 is 11.8 Å². The molecule has 0 unspecified atom stereocenters. The van der Waals surface area contributed by atoms with Gasteiger partial charge in [-0.15, -0.1) is 0 Å². The molecule has 20 heavy (non-hydrogen) atoms. The van der Waals surface area contributed by atoms with Crippen molar-refractivity contribution in [2.45, 2.75) is 6.42 Å². The van der Waals surface area contributed by atoms with Crippen molar-refractivity contribution in [3.05, 3.63) is 18.2 Å². The predicted molar refractivity (Wildman–Crippen MR) is 84.4 cm³/mol. The van der Waals surface area contributed by atoms with Gasteiger partial charge in [0.2, 0.25) is 5.91 Å². The number of amides is 1. The van der Waals surface area contributed by atoms with Crippen LogP contribution in [0.1, 0.15) is 6.42 Å². The largest absolute Gasteiger partial charge is 0.495 e. The number of benzene rings is 1. The van der Waals surface area contributed by atoms with Crippen LogP contribution in [-0.4, -0.2) is 49.1 Å². The Hall–Kier alpha value is -1.40. The first-order valence-corrected chi connectivity index (χ1v) is 7.88. The van der Waals surface area contributed by atoms with Crippen molar-refractivity contribution in [2.24, 2.45) is 0 Å². The second-order valence-corrected chi connectivity index (χ2v) is 5.97. The summed E-state index contributed by atoms with van der Waals surface area (Å²) in [6, 6.07) is 5.23. The minimum atomic E-state index is -0.0270. The highest BCUT2D eigenvalue weighted by molar-refractivity contribution is 7.99. The summed E-state index contributed by atoms with van der Waals surface area (Å²) >= 11 is 1.95. The lowest BCUT2D eigenvalue weighted by Crippen LogP contribution is -2.34. The van der Waals surface area contributed by atoms with Crippen LogP contribution < -0.4 is 15.8 Å². The van der Waals surface area contributed by atoms with E-state index in [1.807, 2.05) is 11.8 Å². The Morgan fingerprint density at radius 1 is 1.45 bits per heavy atom. The van der Waals surface area contributed by atoms with Gasteiger partial charge in [0.1, 0.15) is 5.75 Å². The van der Waals surface area contributed by atoms with Crippen molar-refractivity contribution in [1.82, 2.24) is 4.90 Å². The van der Waals surface area contributed by atoms with Crippen LogP contribution in [-0.2, 0) is 4.79 Å². The van der Waals surface area contributed by atoms with Gasteiger partial charge in [-0.3, -0.25) is 9.69 Å². The van der Waals surface area contributed by atoms with Crippen LogP contribution in [0.5, 0.6) is 5.75 Å². The van der Waals surface area contributed by atoms with Gasteiger partial charge >= 0.3 is 0 Å². The average Bonchev–Trinajstić information content (AvgIpc) is 2.67. The van der Waals surface area contributed by atoms with Gasteiger partial charge in [-0.2, -0.15) is 11.8 Å². The number of thioether (sulfide) groups is 1. The molecular weight excluding hydrogens is 274 g/mol. The monoisotopic (exact) mass is 295 g/mol. The second-order valence-electron chi connectivity index (χ2n) is 4.75. The van der Waals surface area contributed by atoms with Crippen molar-refractivity contribution in [3.8, 4) is 5.75 Å². The molecule has 0 saturated carbocycles. The van der Waals surface area contributed by atoms with Crippen LogP contribution in [0.2, 0.25) is 0 Å². The zero-order chi connectivity index (χ0) is 14.4. The van der Waals surface area contributed by atoms with Crippen LogP contribution in [0.25, 0.3) is 0 Å². The number of carbonyl (C=O) groups is 1. The fourth-order valence-corrected chi connectivity index (χ4v) is 3.10. The molecule has 2 rings (SSSR count). The summed E-state index contributed by atoms with van der Waals surface area (Å²) in [5, 5.41) is 2.88. The first kappa shape index (κ1) is 15.0. The van der Waals surface area contributed by atoms with Crippen LogP contribution in [0, 0.1) is 0 Å². The smallest absolute Gasteiger partial charge is 0.238 e. The number of nitrogens with zero attached hydrogens (tertiary/aromatic N) is 1. The highest BCUT2D eigenvalue weighted by Gasteiger charge is 2.14. The van der Waals surface area contributed by atoms with Crippen LogP contribution in [0.15, 0.2) is 18.2 Å². The average molecular weight is 295 g/mol. The number of hydrogen-bond acceptors (Lipinski definition) is 5. The minimum Gasteiger partial charge on any atom is -0.495 e. The molecule has 5 nitrogen and oxygen atoms in total. The maximum atomic E-state index is 12.1. The van der Waals surface area contributed by atoms with Gasteiger partial charge in [-0.05, 0) is 36.9 Å². The molecule has 1 aromatic carbocycles. The van der Waals surface area contributed by atoms with E-state index in [1.54, 1.807) is 25.3 Å². The Balaban J connectivity index is 1.95. The fraction of sp³-hybridized carbons (Fsp3) is 0.500. The molecule has 1 aromatic rings. The van der Waals surface area contributed by atoms with Gasteiger partial charge in [-0.1, -0.05) is 0 Å². The molecule has 0 aliphatic carbocycles. The molecule has 0 aromatic heterocycles. The standard InChI is InChI=1S/C14H21N3O2S/c1-19-13-4-3-11(15)9-12(13)16-14(18)10-17-5-2-7-20-8-6-17/h3-4,9H,2,5-8,10,15H2,1H3,(H,16,18). The van der Waals surface area contributed by atoms with Crippen molar-refractivity contribution in [3.63, 3.8) is 0 Å². The van der Waals surface area contributed by atoms with E-state index in [0.29, 0.717) is 23.7 Å². The molecule has 1 saturated heterocycles. The lowest BCUT2D eigenvalue weighted by molar-refractivity contribution is -0.117. The van der Waals surface area contributed by atoms with Gasteiger partial charge in [0.05, 0.1) is 19.3 Å². The van der Waals surface area contributed by atoms with Gasteiger partial charge < -0.3 is 15.8 Å². The summed E-state index contributed by atoms with van der Waals surface area (Å²) in [7, 11) is 1.58. The highest BCUT2D eigenvalue weighted by Crippen LogP contribution is 2.26. The molecule has 1 aliphatic heterocycles. The zero-order valence-corrected chi connectivity index (χ0v) is 12.5. The molecule has 0 spiro atoms. The summed E-state index contributed by atoms with van der Waals surface area (Å²) in [5.41, 5.74) is 6.97. The van der Waals surface area contributed by atoms with E-state index >= 15 is 0 Å². The maximum absolute atomic E-state index is 12.1. The second kappa shape index (κ2) is 7.40. The normalized spacial score (nSPS) is 16.4. The van der Waals surface area contributed by atoms with Gasteiger partial charge in [0, 0.05) is 18.0 Å². The van der Waals surface area contributed by atoms with Gasteiger partial charge in [0.25, 0.3) is 0 Å². The third-order valence-electron chi connectivity index (χ3n) is 3.18. The third-order valence-corrected chi connectivity index (χ3v) is 4.23. The number of ether oxygens (including phenoxy) is 1. The molecule has 0 radical (unpaired) electrons. The predicted octanol–water partition coefficient (Wildman–Crippen LogP) is 1.65. The van der Waals surface area contributed by atoms with Crippen LogP contribution in [0.4, 0.5) is 11.4 Å². The van der Waals surface area contributed by atoms with Crippen molar-refractivity contribution in [1.29, 1.82) is 0 Å². The Labute approximate surface area is 123 Å². The Morgan fingerprint density at radius 3 is 3.10 bits per heavy atom. The van der Waals surface area contributed by atoms with E-state index in [-0.39, 0.29) is 5.91 Å². The SMILES string of the molecule is COc1ccc(N)cc1NC(=O)CN1CCCSCC1. The Morgan fingerprint density at radius 2 is 2.30 bits per heavy atom. The van der Waals surface area contributed by atoms with E-state index in [4.69, 9.17) is 10.5 Å². The highest BCUT2D eigenvalue weighted by atomic mass is 32.2. The molecule has 0 atom stereocenters. The van der Waals surface area contributed by atoms with Gasteiger partial charge in [-0.25, -0.2) is 0 Å². The number of nitrogens with one attached hydrogen (secondary N) is 1. The van der Waals surface area contributed by atoms with E-state index in [1.165, 1.54) is 5.75 Å². The van der Waals surface area contributed by atoms with E-state index < -0.39 is 0 Å². The third kappa shape index (κ3) is 4.31. The first-order chi connectivity index (χ1) is 9.69. The summed E-state index contributed by atoms with van der Waals surface area (Å²) in [6.45, 7) is 2.36. The first-order valence-electron chi connectivity index (χ1n) is 6.72.